The van der Waals surface area contributed by atoms with E-state index in [1.807, 2.05) is 43.4 Å². The highest BCUT2D eigenvalue weighted by Crippen LogP contribution is 2.28. The minimum absolute atomic E-state index is 0.163. The van der Waals surface area contributed by atoms with Crippen molar-refractivity contribution in [3.8, 4) is 0 Å². The molecule has 0 unspecified atom stereocenters. The van der Waals surface area contributed by atoms with Crippen molar-refractivity contribution < 1.29 is 4.79 Å². The summed E-state index contributed by atoms with van der Waals surface area (Å²) < 4.78 is 2.09. The first kappa shape index (κ1) is 13.4. The fraction of sp³-hybridized carbons (Fsp3) is 0.467. The largest absolute Gasteiger partial charge is 0.337 e. The van der Waals surface area contributed by atoms with E-state index in [2.05, 4.69) is 9.55 Å². The molecule has 5 heteroatoms. The van der Waals surface area contributed by atoms with E-state index in [1.165, 1.54) is 11.3 Å². The van der Waals surface area contributed by atoms with Crippen LogP contribution in [0.25, 0.3) is 0 Å². The molecule has 4 nitrogen and oxygen atoms in total. The number of carbonyl (C=O) groups excluding carboxylic acids is 1. The van der Waals surface area contributed by atoms with E-state index < -0.39 is 0 Å². The highest BCUT2D eigenvalue weighted by Gasteiger charge is 2.30. The van der Waals surface area contributed by atoms with Gasteiger partial charge in [0.05, 0.1) is 10.6 Å². The van der Waals surface area contributed by atoms with Crippen LogP contribution >= 0.6 is 11.3 Å². The fourth-order valence-corrected chi connectivity index (χ4v) is 3.73. The molecule has 20 heavy (non-hydrogen) atoms. The molecule has 1 aliphatic rings. The van der Waals surface area contributed by atoms with Crippen molar-refractivity contribution in [3.63, 3.8) is 0 Å². The van der Waals surface area contributed by atoms with Crippen LogP contribution in [0.5, 0.6) is 0 Å². The number of amides is 1. The second-order valence-corrected chi connectivity index (χ2v) is 6.49. The van der Waals surface area contributed by atoms with Crippen LogP contribution in [0.4, 0.5) is 0 Å². The topological polar surface area (TPSA) is 38.1 Å². The normalized spacial score (nSPS) is 18.8. The van der Waals surface area contributed by atoms with Gasteiger partial charge < -0.3 is 9.47 Å². The molecule has 0 spiro atoms. The average Bonchev–Trinajstić information content (AvgIpc) is 3.08. The molecule has 0 saturated carbocycles. The average molecular weight is 289 g/mol. The molecule has 1 aliphatic heterocycles. The molecule has 0 aliphatic carbocycles. The lowest BCUT2D eigenvalue weighted by Crippen LogP contribution is -2.28. The Hall–Kier alpha value is -1.62. The molecule has 0 N–H and O–H groups in total. The monoisotopic (exact) mass is 289 g/mol. The van der Waals surface area contributed by atoms with E-state index in [4.69, 9.17) is 0 Å². The standard InChI is InChI=1S/C15H19N3OS/c1-10-6-13(20-9-10)15(19)18-5-4-12(8-18)14-16-11(2)7-17(14)3/h6-7,9,12H,4-5,8H2,1-3H3/t12-/m1/s1. The van der Waals surface area contributed by atoms with Crippen molar-refractivity contribution in [1.29, 1.82) is 0 Å². The predicted molar refractivity (Wildman–Crippen MR) is 80.3 cm³/mol. The van der Waals surface area contributed by atoms with Gasteiger partial charge in [-0.15, -0.1) is 11.3 Å². The Kier molecular flexibility index (Phi) is 3.38. The van der Waals surface area contributed by atoms with Gasteiger partial charge in [0.15, 0.2) is 0 Å². The minimum Gasteiger partial charge on any atom is -0.337 e. The van der Waals surface area contributed by atoms with Gasteiger partial charge in [0.2, 0.25) is 0 Å². The molecular formula is C15H19N3OS. The number of rotatable bonds is 2. The van der Waals surface area contributed by atoms with Crippen molar-refractivity contribution in [2.45, 2.75) is 26.2 Å². The molecule has 1 atom stereocenters. The smallest absolute Gasteiger partial charge is 0.263 e. The molecule has 106 valence electrons. The molecule has 2 aromatic heterocycles. The minimum atomic E-state index is 0.163. The molecular weight excluding hydrogens is 270 g/mol. The fourth-order valence-electron chi connectivity index (χ4n) is 2.87. The zero-order valence-corrected chi connectivity index (χ0v) is 12.9. The number of imidazole rings is 1. The van der Waals surface area contributed by atoms with Gasteiger partial charge in [-0.3, -0.25) is 4.79 Å². The Morgan fingerprint density at radius 1 is 1.45 bits per heavy atom. The maximum atomic E-state index is 12.4. The van der Waals surface area contributed by atoms with Crippen molar-refractivity contribution in [1.82, 2.24) is 14.5 Å². The highest BCUT2D eigenvalue weighted by atomic mass is 32.1. The quantitative estimate of drug-likeness (QED) is 0.852. The second kappa shape index (κ2) is 5.05. The van der Waals surface area contributed by atoms with Crippen LogP contribution in [0.15, 0.2) is 17.6 Å². The zero-order chi connectivity index (χ0) is 14.3. The van der Waals surface area contributed by atoms with Crippen LogP contribution < -0.4 is 0 Å². The third kappa shape index (κ3) is 2.38. The first-order valence-corrected chi connectivity index (χ1v) is 7.77. The molecule has 1 fully saturated rings. The van der Waals surface area contributed by atoms with Crippen LogP contribution in [0.3, 0.4) is 0 Å². The van der Waals surface area contributed by atoms with Crippen molar-refractivity contribution in [3.05, 3.63) is 39.6 Å². The van der Waals surface area contributed by atoms with Crippen molar-refractivity contribution >= 4 is 17.2 Å². The zero-order valence-electron chi connectivity index (χ0n) is 12.1. The number of carbonyl (C=O) groups is 1. The second-order valence-electron chi connectivity index (χ2n) is 5.58. The number of hydrogen-bond donors (Lipinski definition) is 0. The maximum absolute atomic E-state index is 12.4. The summed E-state index contributed by atoms with van der Waals surface area (Å²) in [4.78, 5) is 19.8. The summed E-state index contributed by atoms with van der Waals surface area (Å²) in [6.07, 6.45) is 3.04. The summed E-state index contributed by atoms with van der Waals surface area (Å²) in [6.45, 7) is 5.64. The van der Waals surface area contributed by atoms with Crippen molar-refractivity contribution in [2.24, 2.45) is 7.05 Å². The van der Waals surface area contributed by atoms with Gasteiger partial charge in [0.1, 0.15) is 5.82 Å². The van der Waals surface area contributed by atoms with E-state index in [0.717, 1.165) is 41.5 Å². The van der Waals surface area contributed by atoms with Gasteiger partial charge in [-0.1, -0.05) is 0 Å². The third-order valence-corrected chi connectivity index (χ3v) is 4.85. The van der Waals surface area contributed by atoms with E-state index in [-0.39, 0.29) is 5.91 Å². The Bertz CT molecular complexity index is 643. The predicted octanol–water partition coefficient (Wildman–Crippen LogP) is 2.73. The SMILES string of the molecule is Cc1csc(C(=O)N2CC[C@@H](c3nc(C)cn3C)C2)c1. The van der Waals surface area contributed by atoms with Crippen molar-refractivity contribution in [2.75, 3.05) is 13.1 Å². The number of aryl methyl sites for hydroxylation is 3. The molecule has 3 rings (SSSR count). The van der Waals surface area contributed by atoms with E-state index in [1.54, 1.807) is 0 Å². The van der Waals surface area contributed by atoms with Gasteiger partial charge in [0.25, 0.3) is 5.91 Å². The molecule has 0 bridgehead atoms. The lowest BCUT2D eigenvalue weighted by Gasteiger charge is -2.15. The molecule has 3 heterocycles. The molecule has 1 amide bonds. The number of hydrogen-bond acceptors (Lipinski definition) is 3. The van der Waals surface area contributed by atoms with E-state index in [0.29, 0.717) is 5.92 Å². The number of aromatic nitrogens is 2. The van der Waals surface area contributed by atoms with Gasteiger partial charge in [-0.25, -0.2) is 4.98 Å². The summed E-state index contributed by atoms with van der Waals surface area (Å²) in [6, 6.07) is 1.98. The summed E-state index contributed by atoms with van der Waals surface area (Å²) in [7, 11) is 2.03. The Labute approximate surface area is 123 Å². The third-order valence-electron chi connectivity index (χ3n) is 3.81. The van der Waals surface area contributed by atoms with E-state index in [9.17, 15) is 4.79 Å². The molecule has 0 radical (unpaired) electrons. The van der Waals surface area contributed by atoms with Crippen LogP contribution in [0, 0.1) is 13.8 Å². The first-order chi connectivity index (χ1) is 9.54. The van der Waals surface area contributed by atoms with Crippen LogP contribution in [-0.4, -0.2) is 33.4 Å². The lowest BCUT2D eigenvalue weighted by molar-refractivity contribution is 0.0795. The van der Waals surface area contributed by atoms with E-state index >= 15 is 0 Å². The van der Waals surface area contributed by atoms with Gasteiger partial charge in [-0.2, -0.15) is 0 Å². The van der Waals surface area contributed by atoms with Crippen LogP contribution in [0.2, 0.25) is 0 Å². The number of nitrogens with zero attached hydrogens (tertiary/aromatic N) is 3. The van der Waals surface area contributed by atoms with Crippen LogP contribution in [0.1, 0.15) is 39.1 Å². The Morgan fingerprint density at radius 2 is 2.25 bits per heavy atom. The molecule has 1 saturated heterocycles. The summed E-state index contributed by atoms with van der Waals surface area (Å²) in [5.74, 6) is 1.62. The summed E-state index contributed by atoms with van der Waals surface area (Å²) >= 11 is 1.54. The molecule has 0 aromatic carbocycles. The summed E-state index contributed by atoms with van der Waals surface area (Å²) in [5.41, 5.74) is 2.20. The lowest BCUT2D eigenvalue weighted by atomic mass is 10.1. The highest BCUT2D eigenvalue weighted by molar-refractivity contribution is 7.12. The molecule has 2 aromatic rings. The van der Waals surface area contributed by atoms with Gasteiger partial charge in [0, 0.05) is 32.3 Å². The number of likely N-dealkylation sites (tertiary alicyclic amines) is 1. The van der Waals surface area contributed by atoms with Gasteiger partial charge >= 0.3 is 0 Å². The Balaban J connectivity index is 1.73. The first-order valence-electron chi connectivity index (χ1n) is 6.89. The van der Waals surface area contributed by atoms with Gasteiger partial charge in [-0.05, 0) is 37.3 Å². The number of thiophene rings is 1. The summed E-state index contributed by atoms with van der Waals surface area (Å²) in [5, 5.41) is 2.03. The maximum Gasteiger partial charge on any atom is 0.263 e. The van der Waals surface area contributed by atoms with Crippen LogP contribution in [-0.2, 0) is 7.05 Å². The Morgan fingerprint density at radius 3 is 2.85 bits per heavy atom.